The molecule has 306 valence electrons. The largest absolute Gasteiger partial charge is 0.492 e. The molecule has 63 heavy (non-hydrogen) atoms. The Morgan fingerprint density at radius 2 is 0.905 bits per heavy atom. The number of para-hydroxylation sites is 1. The molecule has 8 heteroatoms. The van der Waals surface area contributed by atoms with Gasteiger partial charge >= 0.3 is 5.97 Å². The monoisotopic (exact) mass is 821 g/mol. The number of fused-ring (bicyclic) bond motifs is 8. The maximum atomic E-state index is 12.2. The summed E-state index contributed by atoms with van der Waals surface area (Å²) >= 11 is 0. The first-order valence-corrected chi connectivity index (χ1v) is 21.1. The van der Waals surface area contributed by atoms with Gasteiger partial charge in [-0.15, -0.1) is 0 Å². The molecule has 0 spiro atoms. The van der Waals surface area contributed by atoms with Crippen molar-refractivity contribution in [1.82, 2.24) is 25.3 Å². The number of rotatable bonds is 12. The summed E-state index contributed by atoms with van der Waals surface area (Å²) in [5.74, 6) is -0.252. The first kappa shape index (κ1) is 39.1. The average molecular weight is 822 g/mol. The minimum absolute atomic E-state index is 0.249. The van der Waals surface area contributed by atoms with Gasteiger partial charge in [0.05, 0.1) is 22.8 Å². The molecule has 3 aromatic heterocycles. The predicted octanol–water partition coefficient (Wildman–Crippen LogP) is 12.0. The second-order valence-corrected chi connectivity index (χ2v) is 15.5. The lowest BCUT2D eigenvalue weighted by molar-refractivity contribution is -0.139. The molecule has 5 aromatic carbocycles. The second kappa shape index (κ2) is 17.5. The molecule has 2 aliphatic heterocycles. The molecule has 2 aliphatic rings. The van der Waals surface area contributed by atoms with Gasteiger partial charge in [0, 0.05) is 56.4 Å². The van der Waals surface area contributed by atoms with Gasteiger partial charge < -0.3 is 25.1 Å². The Morgan fingerprint density at radius 1 is 0.508 bits per heavy atom. The second-order valence-electron chi connectivity index (χ2n) is 15.5. The Balaban J connectivity index is 1.18. The Kier molecular flexibility index (Phi) is 10.9. The van der Waals surface area contributed by atoms with Crippen molar-refractivity contribution in [3.63, 3.8) is 0 Å². The molecule has 0 aliphatic carbocycles. The maximum Gasteiger partial charge on any atom is 0.321 e. The lowest BCUT2D eigenvalue weighted by Gasteiger charge is -2.16. The van der Waals surface area contributed by atoms with E-state index in [1.807, 2.05) is 97.1 Å². The van der Waals surface area contributed by atoms with E-state index in [4.69, 9.17) is 14.7 Å². The summed E-state index contributed by atoms with van der Waals surface area (Å²) in [4.78, 5) is 30.7. The number of H-pyrrole nitrogens is 2. The molecule has 0 saturated carbocycles. The van der Waals surface area contributed by atoms with Crippen LogP contribution in [0.15, 0.2) is 170 Å². The van der Waals surface area contributed by atoms with E-state index in [1.165, 1.54) is 0 Å². The lowest BCUT2D eigenvalue weighted by Crippen LogP contribution is -2.40. The van der Waals surface area contributed by atoms with Gasteiger partial charge in [-0.1, -0.05) is 140 Å². The van der Waals surface area contributed by atoms with Crippen LogP contribution in [-0.2, 0) is 11.2 Å². The predicted molar refractivity (Wildman–Crippen MR) is 256 cm³/mol. The van der Waals surface area contributed by atoms with Crippen molar-refractivity contribution < 1.29 is 14.6 Å². The summed E-state index contributed by atoms with van der Waals surface area (Å²) in [6, 6.07) is 56.4. The summed E-state index contributed by atoms with van der Waals surface area (Å²) in [7, 11) is 0. The summed E-state index contributed by atoms with van der Waals surface area (Å²) < 4.78 is 6.53. The highest BCUT2D eigenvalue weighted by Gasteiger charge is 2.21. The van der Waals surface area contributed by atoms with Crippen molar-refractivity contribution in [1.29, 1.82) is 0 Å². The molecule has 8 bridgehead atoms. The molecule has 0 unspecified atom stereocenters. The van der Waals surface area contributed by atoms with Gasteiger partial charge in [0.2, 0.25) is 0 Å². The van der Waals surface area contributed by atoms with Crippen LogP contribution in [0.3, 0.4) is 0 Å². The number of aromatic amines is 2. The van der Waals surface area contributed by atoms with Crippen molar-refractivity contribution in [2.75, 3.05) is 13.2 Å². The molecule has 0 fully saturated rings. The van der Waals surface area contributed by atoms with Crippen LogP contribution in [0.1, 0.15) is 28.3 Å². The third-order valence-electron chi connectivity index (χ3n) is 11.4. The van der Waals surface area contributed by atoms with Crippen LogP contribution in [-0.4, -0.2) is 50.2 Å². The highest BCUT2D eigenvalue weighted by atomic mass is 16.5. The highest BCUT2D eigenvalue weighted by molar-refractivity contribution is 6.00. The number of aromatic nitrogens is 4. The van der Waals surface area contributed by atoms with Crippen molar-refractivity contribution >= 4 is 52.3 Å². The third kappa shape index (κ3) is 8.11. The quantitative estimate of drug-likeness (QED) is 0.0912. The van der Waals surface area contributed by atoms with Crippen LogP contribution in [0.4, 0.5) is 0 Å². The van der Waals surface area contributed by atoms with Gasteiger partial charge in [-0.05, 0) is 83.3 Å². The van der Waals surface area contributed by atoms with Crippen LogP contribution in [0.2, 0.25) is 0 Å². The number of nitrogens with zero attached hydrogens (tertiary/aromatic N) is 2. The normalized spacial score (nSPS) is 12.3. The molecule has 0 amide bonds. The van der Waals surface area contributed by atoms with E-state index in [0.29, 0.717) is 18.7 Å². The fourth-order valence-electron chi connectivity index (χ4n) is 8.50. The Hall–Kier alpha value is -8.07. The Labute approximate surface area is 365 Å². The fourth-order valence-corrected chi connectivity index (χ4v) is 8.50. The SMILES string of the molecule is O=C(O)[C@H](Cc1ccccc1)NCCOc1ccccc1-c1c2nc(c(-c3ccccc3)c3ccc([nH]3)c(-c3ccccc3)c3nc(c(-c4ccccc4)c4ccc1[nH]4)C=C3)C=C2. The minimum Gasteiger partial charge on any atom is -0.492 e. The molecule has 1 atom stereocenters. The van der Waals surface area contributed by atoms with Crippen LogP contribution in [0.5, 0.6) is 5.75 Å². The van der Waals surface area contributed by atoms with Gasteiger partial charge in [-0.25, -0.2) is 9.97 Å². The van der Waals surface area contributed by atoms with Gasteiger partial charge in [-0.2, -0.15) is 0 Å². The lowest BCUT2D eigenvalue weighted by atomic mass is 10.0. The number of aliphatic carboxylic acids is 1. The summed E-state index contributed by atoms with van der Waals surface area (Å²) in [6.07, 6.45) is 8.73. The molecule has 0 radical (unpaired) electrons. The molecular formula is C55H43N5O3. The van der Waals surface area contributed by atoms with E-state index < -0.39 is 12.0 Å². The first-order valence-electron chi connectivity index (χ1n) is 21.1. The maximum absolute atomic E-state index is 12.2. The number of carboxylic acid groups (broad SMARTS) is 1. The van der Waals surface area contributed by atoms with Gasteiger partial charge in [-0.3, -0.25) is 4.79 Å². The van der Waals surface area contributed by atoms with Crippen molar-refractivity contribution in [2.45, 2.75) is 12.5 Å². The highest BCUT2D eigenvalue weighted by Crippen LogP contribution is 2.40. The number of nitrogens with one attached hydrogen (secondary N) is 3. The summed E-state index contributed by atoms with van der Waals surface area (Å²) in [5.41, 5.74) is 15.6. The number of benzene rings is 5. The summed E-state index contributed by atoms with van der Waals surface area (Å²) in [5, 5.41) is 13.2. The minimum atomic E-state index is -0.904. The van der Waals surface area contributed by atoms with E-state index >= 15 is 0 Å². The number of carbonyl (C=O) groups is 1. The number of carboxylic acids is 1. The van der Waals surface area contributed by atoms with Crippen molar-refractivity contribution in [3.05, 3.63) is 198 Å². The molecule has 10 rings (SSSR count). The van der Waals surface area contributed by atoms with Crippen LogP contribution < -0.4 is 10.1 Å². The topological polar surface area (TPSA) is 116 Å². The number of ether oxygens (including phenoxy) is 1. The van der Waals surface area contributed by atoms with Gasteiger partial charge in [0.1, 0.15) is 18.4 Å². The standard InChI is InChI=1S/C55H43N5O3/c61-55(62)49(35-36-15-5-1-6-16-36)56-33-34-63-50-24-14-13-23-40(50)54-47-31-29-45(59-47)52(38-19-9-3-10-20-38)43-27-25-41(57-43)51(37-17-7-2-8-18-37)42-26-28-44(58-42)53(39-21-11-4-12-22-39)46-30-32-48(54)60-46/h1-32,49,56-57,60H,33-35H2,(H,61,62)/t49-/m0/s1. The zero-order valence-corrected chi connectivity index (χ0v) is 34.3. The first-order chi connectivity index (χ1) is 31.1. The molecule has 0 saturated heterocycles. The molecule has 5 heterocycles. The van der Waals surface area contributed by atoms with E-state index in [9.17, 15) is 9.90 Å². The van der Waals surface area contributed by atoms with E-state index in [2.05, 4.69) is 112 Å². The van der Waals surface area contributed by atoms with Crippen molar-refractivity contribution in [2.24, 2.45) is 0 Å². The molecule has 8 nitrogen and oxygen atoms in total. The Morgan fingerprint density at radius 3 is 1.37 bits per heavy atom. The fraction of sp³-hybridized carbons (Fsp3) is 0.0727. The van der Waals surface area contributed by atoms with Crippen LogP contribution in [0.25, 0.3) is 90.9 Å². The Bertz CT molecular complexity index is 3140. The molecular weight excluding hydrogens is 779 g/mol. The van der Waals surface area contributed by atoms with Gasteiger partial charge in [0.25, 0.3) is 0 Å². The van der Waals surface area contributed by atoms with E-state index in [-0.39, 0.29) is 6.61 Å². The average Bonchev–Trinajstić information content (AvgIpc) is 4.18. The van der Waals surface area contributed by atoms with E-state index in [1.54, 1.807) is 0 Å². The zero-order valence-electron chi connectivity index (χ0n) is 34.3. The zero-order chi connectivity index (χ0) is 42.5. The smallest absolute Gasteiger partial charge is 0.321 e. The van der Waals surface area contributed by atoms with Crippen molar-refractivity contribution in [3.8, 4) is 50.3 Å². The third-order valence-corrected chi connectivity index (χ3v) is 11.4. The molecule has 4 N–H and O–H groups in total. The van der Waals surface area contributed by atoms with Crippen LogP contribution >= 0.6 is 0 Å². The molecule has 8 aromatic rings. The number of hydrogen-bond donors (Lipinski definition) is 4. The number of hydrogen-bond acceptors (Lipinski definition) is 5. The summed E-state index contributed by atoms with van der Waals surface area (Å²) in [6.45, 7) is 0.582. The van der Waals surface area contributed by atoms with E-state index in [0.717, 1.165) is 94.9 Å². The van der Waals surface area contributed by atoms with Gasteiger partial charge in [0.15, 0.2) is 0 Å². The van der Waals surface area contributed by atoms with Crippen LogP contribution in [0, 0.1) is 0 Å².